The van der Waals surface area contributed by atoms with Gasteiger partial charge in [0, 0.05) is 30.6 Å². The Hall–Kier alpha value is -2.18. The van der Waals surface area contributed by atoms with Gasteiger partial charge in [-0.2, -0.15) is 0 Å². The number of benzene rings is 1. The van der Waals surface area contributed by atoms with Crippen LogP contribution in [0.2, 0.25) is 0 Å². The Morgan fingerprint density at radius 2 is 2.27 bits per heavy atom. The maximum atomic E-state index is 11.2. The molecule has 1 unspecified atom stereocenters. The van der Waals surface area contributed by atoms with Gasteiger partial charge in [-0.1, -0.05) is 0 Å². The highest BCUT2D eigenvalue weighted by Crippen LogP contribution is 2.42. The summed E-state index contributed by atoms with van der Waals surface area (Å²) in [7, 11) is 1.63. The van der Waals surface area contributed by atoms with Crippen molar-refractivity contribution in [1.29, 1.82) is 0 Å². The van der Waals surface area contributed by atoms with Crippen molar-refractivity contribution in [3.05, 3.63) is 36.0 Å². The van der Waals surface area contributed by atoms with Gasteiger partial charge in [0.1, 0.15) is 5.75 Å². The molecule has 0 saturated carbocycles. The lowest BCUT2D eigenvalue weighted by Crippen LogP contribution is -2.55. The van der Waals surface area contributed by atoms with E-state index in [1.165, 1.54) is 0 Å². The minimum atomic E-state index is -0.729. The van der Waals surface area contributed by atoms with E-state index in [-0.39, 0.29) is 18.4 Å². The summed E-state index contributed by atoms with van der Waals surface area (Å²) in [4.78, 5) is 17.8. The van der Waals surface area contributed by atoms with Crippen LogP contribution in [0.4, 0.5) is 0 Å². The fourth-order valence-corrected chi connectivity index (χ4v) is 4.70. The lowest BCUT2D eigenvalue weighted by Gasteiger charge is -2.51. The zero-order valence-electron chi connectivity index (χ0n) is 14.8. The number of aliphatic carboxylic acids is 1. The van der Waals surface area contributed by atoms with E-state index >= 15 is 0 Å². The number of carbonyl (C=O) groups is 1. The normalized spacial score (nSPS) is 28.8. The van der Waals surface area contributed by atoms with E-state index in [0.29, 0.717) is 5.92 Å². The largest absolute Gasteiger partial charge is 0.497 e. The number of hydrogen-bond acceptors (Lipinski definition) is 5. The number of piperidine rings is 3. The quantitative estimate of drug-likeness (QED) is 0.856. The van der Waals surface area contributed by atoms with Gasteiger partial charge in [-0.05, 0) is 61.1 Å². The molecular formula is C20H24N2O4. The second kappa shape index (κ2) is 6.85. The number of nitrogens with zero attached hydrogens (tertiary/aromatic N) is 2. The van der Waals surface area contributed by atoms with Gasteiger partial charge in [0.25, 0.3) is 0 Å². The van der Waals surface area contributed by atoms with Crippen LogP contribution in [0, 0.1) is 11.8 Å². The Morgan fingerprint density at radius 1 is 1.42 bits per heavy atom. The molecule has 3 saturated heterocycles. The van der Waals surface area contributed by atoms with Gasteiger partial charge in [-0.25, -0.2) is 0 Å². The van der Waals surface area contributed by atoms with Crippen molar-refractivity contribution < 1.29 is 19.7 Å². The molecule has 2 bridgehead atoms. The molecule has 0 aliphatic carbocycles. The van der Waals surface area contributed by atoms with Gasteiger partial charge >= 0.3 is 5.97 Å². The first-order valence-electron chi connectivity index (χ1n) is 9.13. The van der Waals surface area contributed by atoms with Crippen LogP contribution in [0.3, 0.4) is 0 Å². The molecule has 3 fully saturated rings. The summed E-state index contributed by atoms with van der Waals surface area (Å²) in [5.74, 6) is 0.580. The summed E-state index contributed by atoms with van der Waals surface area (Å²) in [6, 6.07) is 7.60. The number of pyridine rings is 1. The highest BCUT2D eigenvalue weighted by atomic mass is 16.5. The first-order valence-corrected chi connectivity index (χ1v) is 9.13. The van der Waals surface area contributed by atoms with Crippen molar-refractivity contribution in [2.24, 2.45) is 11.8 Å². The third kappa shape index (κ3) is 3.04. The monoisotopic (exact) mass is 356 g/mol. The Labute approximate surface area is 152 Å². The molecule has 6 nitrogen and oxygen atoms in total. The van der Waals surface area contributed by atoms with Crippen LogP contribution in [0.15, 0.2) is 30.5 Å². The summed E-state index contributed by atoms with van der Waals surface area (Å²) in [6.45, 7) is 1.68. The standard InChI is InChI=1S/C20H24N2O4/c1-26-14-2-3-17-16(10-14)15(4-6-21-17)20(25)18-8-12-5-7-22(18)11-13(12)9-19(23)24/h2-4,6,10,12-13,18,20,25H,5,7-9,11H2,1H3,(H,23,24)/t12-,13-,18-,20-/m0/s1. The second-order valence-electron chi connectivity index (χ2n) is 7.43. The van der Waals surface area contributed by atoms with E-state index in [4.69, 9.17) is 9.84 Å². The zero-order valence-corrected chi connectivity index (χ0v) is 14.8. The molecule has 0 radical (unpaired) electrons. The predicted molar refractivity (Wildman–Crippen MR) is 97.1 cm³/mol. The molecule has 0 amide bonds. The number of rotatable bonds is 5. The number of hydrogen-bond donors (Lipinski definition) is 2. The minimum absolute atomic E-state index is 0.0237. The number of carboxylic acids is 1. The Morgan fingerprint density at radius 3 is 2.96 bits per heavy atom. The number of carboxylic acid groups (broad SMARTS) is 1. The van der Waals surface area contributed by atoms with Crippen LogP contribution in [-0.4, -0.2) is 52.3 Å². The minimum Gasteiger partial charge on any atom is -0.497 e. The van der Waals surface area contributed by atoms with E-state index in [2.05, 4.69) is 9.88 Å². The van der Waals surface area contributed by atoms with Crippen LogP contribution < -0.4 is 4.74 Å². The molecule has 138 valence electrons. The molecule has 1 aromatic carbocycles. The van der Waals surface area contributed by atoms with Gasteiger partial charge in [-0.3, -0.25) is 14.7 Å². The van der Waals surface area contributed by atoms with Crippen LogP contribution in [-0.2, 0) is 4.79 Å². The maximum Gasteiger partial charge on any atom is 0.303 e. The Balaban J connectivity index is 1.62. The van der Waals surface area contributed by atoms with Crippen molar-refractivity contribution in [2.75, 3.05) is 20.2 Å². The molecule has 5 atom stereocenters. The smallest absolute Gasteiger partial charge is 0.303 e. The van der Waals surface area contributed by atoms with Gasteiger partial charge < -0.3 is 14.9 Å². The summed E-state index contributed by atoms with van der Waals surface area (Å²) in [5.41, 5.74) is 1.70. The second-order valence-corrected chi connectivity index (χ2v) is 7.43. The number of ether oxygens (including phenoxy) is 1. The molecule has 4 heterocycles. The van der Waals surface area contributed by atoms with Crippen LogP contribution >= 0.6 is 0 Å². The van der Waals surface area contributed by atoms with Gasteiger partial charge in [0.2, 0.25) is 0 Å². The van der Waals surface area contributed by atoms with Crippen molar-refractivity contribution in [1.82, 2.24) is 9.88 Å². The topological polar surface area (TPSA) is 82.9 Å². The maximum absolute atomic E-state index is 11.2. The van der Waals surface area contributed by atoms with Gasteiger partial charge in [-0.15, -0.1) is 0 Å². The average molecular weight is 356 g/mol. The Kier molecular flexibility index (Phi) is 4.54. The number of aromatic nitrogens is 1. The molecular weight excluding hydrogens is 332 g/mol. The lowest BCUT2D eigenvalue weighted by molar-refractivity contribution is -0.141. The first-order chi connectivity index (χ1) is 12.6. The molecule has 26 heavy (non-hydrogen) atoms. The van der Waals surface area contributed by atoms with E-state index in [9.17, 15) is 9.90 Å². The molecule has 5 rings (SSSR count). The third-order valence-corrected chi connectivity index (χ3v) is 6.04. The van der Waals surface area contributed by atoms with E-state index in [0.717, 1.165) is 48.1 Å². The fraction of sp³-hybridized carbons (Fsp3) is 0.500. The molecule has 2 aromatic rings. The highest BCUT2D eigenvalue weighted by Gasteiger charge is 2.43. The predicted octanol–water partition coefficient (Wildman–Crippen LogP) is 2.46. The van der Waals surface area contributed by atoms with E-state index in [1.807, 2.05) is 24.3 Å². The van der Waals surface area contributed by atoms with Crippen LogP contribution in [0.5, 0.6) is 5.75 Å². The van der Waals surface area contributed by atoms with E-state index < -0.39 is 12.1 Å². The number of methoxy groups -OCH3 is 1. The molecule has 1 aromatic heterocycles. The summed E-state index contributed by atoms with van der Waals surface area (Å²) < 4.78 is 5.33. The first kappa shape index (κ1) is 17.2. The van der Waals surface area contributed by atoms with Gasteiger partial charge in [0.05, 0.1) is 18.7 Å². The molecule has 0 spiro atoms. The van der Waals surface area contributed by atoms with Crippen molar-refractivity contribution in [3.63, 3.8) is 0 Å². The molecule has 3 aliphatic heterocycles. The van der Waals surface area contributed by atoms with E-state index in [1.54, 1.807) is 13.3 Å². The van der Waals surface area contributed by atoms with Gasteiger partial charge in [0.15, 0.2) is 0 Å². The van der Waals surface area contributed by atoms with Crippen LogP contribution in [0.25, 0.3) is 10.9 Å². The van der Waals surface area contributed by atoms with Crippen molar-refractivity contribution in [2.45, 2.75) is 31.4 Å². The Bertz CT molecular complexity index is 825. The summed E-state index contributed by atoms with van der Waals surface area (Å²) >= 11 is 0. The molecule has 2 N–H and O–H groups in total. The molecule has 6 heteroatoms. The van der Waals surface area contributed by atoms with Crippen LogP contribution in [0.1, 0.15) is 30.9 Å². The van der Waals surface area contributed by atoms with Crippen molar-refractivity contribution in [3.8, 4) is 5.75 Å². The lowest BCUT2D eigenvalue weighted by atomic mass is 9.72. The van der Waals surface area contributed by atoms with Crippen molar-refractivity contribution >= 4 is 16.9 Å². The fourth-order valence-electron chi connectivity index (χ4n) is 4.70. The number of fused-ring (bicyclic) bond motifs is 4. The highest BCUT2D eigenvalue weighted by molar-refractivity contribution is 5.84. The summed E-state index contributed by atoms with van der Waals surface area (Å²) in [6.07, 6.45) is 3.19. The molecule has 3 aliphatic rings. The third-order valence-electron chi connectivity index (χ3n) is 6.04. The zero-order chi connectivity index (χ0) is 18.3. The summed E-state index contributed by atoms with van der Waals surface area (Å²) in [5, 5.41) is 21.2. The number of aliphatic hydroxyl groups excluding tert-OH is 1. The average Bonchev–Trinajstić information content (AvgIpc) is 2.66. The SMILES string of the molecule is COc1ccc2nccc([C@H](O)[C@@H]3C[C@@H]4CCN3C[C@@H]4CC(=O)O)c2c1. The number of aliphatic hydroxyl groups is 1.